The Bertz CT molecular complexity index is 311. The summed E-state index contributed by atoms with van der Waals surface area (Å²) in [6, 6.07) is 4.14. The van der Waals surface area contributed by atoms with Crippen LogP contribution >= 0.6 is 12.6 Å². The number of benzene rings is 1. The zero-order valence-corrected chi connectivity index (χ0v) is 9.41. The van der Waals surface area contributed by atoms with Crippen LogP contribution in [0.3, 0.4) is 0 Å². The first kappa shape index (κ1) is 11.8. The van der Waals surface area contributed by atoms with E-state index >= 15 is 0 Å². The number of nitrogens with zero attached hydrogens (tertiary/aromatic N) is 1. The van der Waals surface area contributed by atoms with Crippen LogP contribution < -0.4 is 35.3 Å². The Balaban J connectivity index is 0. The van der Waals surface area contributed by atoms with Crippen LogP contribution in [0, 0.1) is 10.1 Å². The second kappa shape index (κ2) is 4.71. The van der Waals surface area contributed by atoms with Crippen molar-refractivity contribution in [2.45, 2.75) is 4.90 Å². The third kappa shape index (κ3) is 2.67. The van der Waals surface area contributed by atoms with Crippen LogP contribution in [-0.4, -0.2) is 4.92 Å². The van der Waals surface area contributed by atoms with Gasteiger partial charge in [-0.15, -0.1) is 12.6 Å². The van der Waals surface area contributed by atoms with Crippen LogP contribution in [0.1, 0.15) is 1.43 Å². The van der Waals surface area contributed by atoms with E-state index in [1.165, 1.54) is 18.2 Å². The van der Waals surface area contributed by atoms with Gasteiger partial charge in [0, 0.05) is 17.0 Å². The maximum Gasteiger partial charge on any atom is 1.00 e. The molecule has 60 valence electrons. The maximum absolute atomic E-state index is 10.2. The Kier molecular flexibility index (Phi) is 4.62. The van der Waals surface area contributed by atoms with Gasteiger partial charge in [0.1, 0.15) is 0 Å². The standard InChI is InChI=1S/C6H6N2O2S.Na.H/c7-5-3-4(8(9)10)1-2-6(5)11;;/h1-3,11H,7H2;;/q;+1;-1. The molecular formula is C6H7N2NaO2S. The maximum atomic E-state index is 10.2. The number of thiol groups is 1. The van der Waals surface area contributed by atoms with Crippen molar-refractivity contribution in [2.24, 2.45) is 0 Å². The Morgan fingerprint density at radius 3 is 2.58 bits per heavy atom. The summed E-state index contributed by atoms with van der Waals surface area (Å²) in [5.41, 5.74) is 5.69. The Labute approximate surface area is 98.5 Å². The monoisotopic (exact) mass is 194 g/mol. The van der Waals surface area contributed by atoms with Gasteiger partial charge in [0.15, 0.2) is 0 Å². The zero-order chi connectivity index (χ0) is 8.43. The third-order valence-corrected chi connectivity index (χ3v) is 1.63. The SMILES string of the molecule is Nc1cc([N+](=O)[O-])ccc1S.[H-].[Na+]. The zero-order valence-electron chi connectivity index (χ0n) is 7.52. The van der Waals surface area contributed by atoms with Crippen LogP contribution in [0.2, 0.25) is 0 Å². The fraction of sp³-hybridized carbons (Fsp3) is 0. The summed E-state index contributed by atoms with van der Waals surface area (Å²) in [6.07, 6.45) is 0. The Morgan fingerprint density at radius 1 is 1.58 bits per heavy atom. The van der Waals surface area contributed by atoms with Crippen molar-refractivity contribution in [1.82, 2.24) is 0 Å². The minimum absolute atomic E-state index is 0. The van der Waals surface area contributed by atoms with Gasteiger partial charge in [-0.25, -0.2) is 0 Å². The van der Waals surface area contributed by atoms with Gasteiger partial charge in [-0.2, -0.15) is 0 Å². The van der Waals surface area contributed by atoms with E-state index in [0.29, 0.717) is 10.6 Å². The topological polar surface area (TPSA) is 69.2 Å². The van der Waals surface area contributed by atoms with Gasteiger partial charge in [-0.1, -0.05) is 0 Å². The number of non-ortho nitro benzene ring substituents is 1. The quantitative estimate of drug-likeness (QED) is 0.189. The van der Waals surface area contributed by atoms with Crippen molar-refractivity contribution in [2.75, 3.05) is 5.73 Å². The smallest absolute Gasteiger partial charge is 1.00 e. The number of rotatable bonds is 1. The molecule has 0 fully saturated rings. The second-order valence-electron chi connectivity index (χ2n) is 2.00. The van der Waals surface area contributed by atoms with Gasteiger partial charge in [0.2, 0.25) is 0 Å². The number of nitro benzene ring substituents is 1. The molecule has 0 bridgehead atoms. The van der Waals surface area contributed by atoms with Crippen molar-refractivity contribution in [3.05, 3.63) is 28.3 Å². The van der Waals surface area contributed by atoms with Crippen molar-refractivity contribution >= 4 is 24.0 Å². The van der Waals surface area contributed by atoms with Crippen molar-refractivity contribution in [3.8, 4) is 0 Å². The summed E-state index contributed by atoms with van der Waals surface area (Å²) in [4.78, 5) is 10.2. The molecule has 0 amide bonds. The Morgan fingerprint density at radius 2 is 2.17 bits per heavy atom. The largest absolute Gasteiger partial charge is 1.00 e. The van der Waals surface area contributed by atoms with E-state index in [-0.39, 0.29) is 36.7 Å². The van der Waals surface area contributed by atoms with E-state index in [1.54, 1.807) is 0 Å². The molecule has 0 aliphatic heterocycles. The second-order valence-corrected chi connectivity index (χ2v) is 2.48. The summed E-state index contributed by atoms with van der Waals surface area (Å²) >= 11 is 3.97. The molecule has 1 aromatic rings. The predicted molar refractivity (Wildman–Crippen MR) is 45.9 cm³/mol. The van der Waals surface area contributed by atoms with Crippen LogP contribution in [0.5, 0.6) is 0 Å². The van der Waals surface area contributed by atoms with E-state index in [2.05, 4.69) is 12.6 Å². The van der Waals surface area contributed by atoms with Crippen LogP contribution in [-0.2, 0) is 0 Å². The molecule has 0 atom stereocenters. The number of nitrogens with two attached hydrogens (primary N) is 1. The van der Waals surface area contributed by atoms with Crippen LogP contribution in [0.25, 0.3) is 0 Å². The molecule has 12 heavy (non-hydrogen) atoms. The molecule has 0 aliphatic carbocycles. The summed E-state index contributed by atoms with van der Waals surface area (Å²) in [7, 11) is 0. The number of anilines is 1. The summed E-state index contributed by atoms with van der Waals surface area (Å²) in [6.45, 7) is 0. The molecule has 0 unspecified atom stereocenters. The fourth-order valence-electron chi connectivity index (χ4n) is 0.655. The van der Waals surface area contributed by atoms with Gasteiger partial charge in [0.25, 0.3) is 5.69 Å². The van der Waals surface area contributed by atoms with Gasteiger partial charge < -0.3 is 7.16 Å². The number of hydrogen-bond acceptors (Lipinski definition) is 4. The van der Waals surface area contributed by atoms with Gasteiger partial charge in [-0.05, 0) is 6.07 Å². The molecule has 0 spiro atoms. The molecule has 0 aliphatic rings. The molecule has 0 radical (unpaired) electrons. The minimum Gasteiger partial charge on any atom is -1.00 e. The minimum atomic E-state index is -0.496. The summed E-state index contributed by atoms with van der Waals surface area (Å²) in [5.74, 6) is 0. The van der Waals surface area contributed by atoms with E-state index in [1.807, 2.05) is 0 Å². The molecule has 0 saturated carbocycles. The molecule has 0 aromatic heterocycles. The van der Waals surface area contributed by atoms with Gasteiger partial charge >= 0.3 is 29.6 Å². The third-order valence-electron chi connectivity index (χ3n) is 1.22. The van der Waals surface area contributed by atoms with E-state index in [0.717, 1.165) is 0 Å². The van der Waals surface area contributed by atoms with Gasteiger partial charge in [-0.3, -0.25) is 10.1 Å². The van der Waals surface area contributed by atoms with Crippen molar-refractivity contribution < 1.29 is 35.9 Å². The average Bonchev–Trinajstić information content (AvgIpc) is 1.94. The molecular weight excluding hydrogens is 187 g/mol. The summed E-state index contributed by atoms with van der Waals surface area (Å²) < 4.78 is 0. The molecule has 0 heterocycles. The Hall–Kier alpha value is -0.230. The normalized spacial score (nSPS) is 8.75. The first-order chi connectivity index (χ1) is 5.11. The number of nitrogen functional groups attached to an aromatic ring is 1. The molecule has 0 saturated heterocycles. The molecule has 4 nitrogen and oxygen atoms in total. The summed E-state index contributed by atoms with van der Waals surface area (Å²) in [5, 5.41) is 10.2. The van der Waals surface area contributed by atoms with E-state index in [9.17, 15) is 10.1 Å². The molecule has 1 aromatic carbocycles. The first-order valence-electron chi connectivity index (χ1n) is 2.84. The van der Waals surface area contributed by atoms with Crippen molar-refractivity contribution in [1.29, 1.82) is 0 Å². The van der Waals surface area contributed by atoms with Gasteiger partial charge in [0.05, 0.1) is 10.6 Å². The molecule has 2 N–H and O–H groups in total. The first-order valence-corrected chi connectivity index (χ1v) is 3.29. The number of hydrogen-bond donors (Lipinski definition) is 2. The van der Waals surface area contributed by atoms with Crippen molar-refractivity contribution in [3.63, 3.8) is 0 Å². The van der Waals surface area contributed by atoms with Crippen LogP contribution in [0.15, 0.2) is 23.1 Å². The average molecular weight is 194 g/mol. The van der Waals surface area contributed by atoms with E-state index in [4.69, 9.17) is 5.73 Å². The van der Waals surface area contributed by atoms with Crippen LogP contribution in [0.4, 0.5) is 11.4 Å². The molecule has 6 heteroatoms. The van der Waals surface area contributed by atoms with E-state index < -0.39 is 4.92 Å². The predicted octanol–water partition coefficient (Wildman–Crippen LogP) is -1.42. The number of nitro groups is 1. The molecule has 1 rings (SSSR count). The fourth-order valence-corrected chi connectivity index (χ4v) is 0.795.